The van der Waals surface area contributed by atoms with Gasteiger partial charge in [-0.1, -0.05) is 6.08 Å². The van der Waals surface area contributed by atoms with E-state index in [9.17, 15) is 4.79 Å². The highest BCUT2D eigenvalue weighted by Crippen LogP contribution is 2.29. The second-order valence-electron chi connectivity index (χ2n) is 6.88. The van der Waals surface area contributed by atoms with E-state index < -0.39 is 0 Å². The number of carbonyl (C=O) groups excluding carboxylic acids is 1. The van der Waals surface area contributed by atoms with Crippen LogP contribution in [0.5, 0.6) is 0 Å². The van der Waals surface area contributed by atoms with Gasteiger partial charge in [0.05, 0.1) is 5.56 Å². The van der Waals surface area contributed by atoms with Crippen molar-refractivity contribution >= 4 is 11.7 Å². The molecular weight excluding hydrogens is 328 g/mol. The summed E-state index contributed by atoms with van der Waals surface area (Å²) in [7, 11) is 0. The molecular formula is C19H26N6O. The normalized spacial score (nSPS) is 17.3. The lowest BCUT2D eigenvalue weighted by Crippen LogP contribution is -2.36. The minimum absolute atomic E-state index is 0.134. The fourth-order valence-corrected chi connectivity index (χ4v) is 3.31. The number of carbonyl (C=O) groups is 1. The van der Waals surface area contributed by atoms with E-state index in [1.165, 1.54) is 0 Å². The van der Waals surface area contributed by atoms with Crippen molar-refractivity contribution in [3.63, 3.8) is 0 Å². The second kappa shape index (κ2) is 8.12. The summed E-state index contributed by atoms with van der Waals surface area (Å²) in [5.41, 5.74) is 0.559. The van der Waals surface area contributed by atoms with E-state index >= 15 is 0 Å². The van der Waals surface area contributed by atoms with Gasteiger partial charge in [-0.2, -0.15) is 0 Å². The van der Waals surface area contributed by atoms with Crippen molar-refractivity contribution in [2.75, 3.05) is 24.5 Å². The average molecular weight is 354 g/mol. The molecule has 7 nitrogen and oxygen atoms in total. The topological polar surface area (TPSA) is 75.9 Å². The molecule has 2 aromatic rings. The third-order valence-corrected chi connectivity index (χ3v) is 4.68. The summed E-state index contributed by atoms with van der Waals surface area (Å²) in [6.07, 6.45) is 7.29. The molecule has 1 amide bonds. The van der Waals surface area contributed by atoms with Gasteiger partial charge in [0.2, 0.25) is 0 Å². The average Bonchev–Trinajstić information content (AvgIpc) is 3.16. The van der Waals surface area contributed by atoms with E-state index in [4.69, 9.17) is 0 Å². The maximum atomic E-state index is 12.0. The maximum Gasteiger partial charge on any atom is 0.253 e. The predicted molar refractivity (Wildman–Crippen MR) is 101 cm³/mol. The summed E-state index contributed by atoms with van der Waals surface area (Å²) in [6, 6.07) is 4.08. The molecule has 0 radical (unpaired) electrons. The van der Waals surface area contributed by atoms with Gasteiger partial charge in [0.1, 0.15) is 18.0 Å². The molecule has 26 heavy (non-hydrogen) atoms. The van der Waals surface area contributed by atoms with E-state index in [0.29, 0.717) is 24.1 Å². The fourth-order valence-electron chi connectivity index (χ4n) is 3.31. The van der Waals surface area contributed by atoms with Gasteiger partial charge in [0.15, 0.2) is 0 Å². The van der Waals surface area contributed by atoms with Crippen LogP contribution in [0.1, 0.15) is 54.8 Å². The van der Waals surface area contributed by atoms with Crippen molar-refractivity contribution in [3.8, 4) is 0 Å². The molecule has 138 valence electrons. The highest BCUT2D eigenvalue weighted by Gasteiger charge is 2.26. The number of amides is 1. The number of hydrogen-bond donors (Lipinski definition) is 1. The van der Waals surface area contributed by atoms with Crippen molar-refractivity contribution in [3.05, 3.63) is 48.7 Å². The van der Waals surface area contributed by atoms with Gasteiger partial charge >= 0.3 is 0 Å². The lowest BCUT2D eigenvalue weighted by Gasteiger charge is -2.33. The SMILES string of the molecule is C=CCNC(=O)c1ccc(N2CCCC(c3nncn3C(C)C)C2)nc1. The van der Waals surface area contributed by atoms with E-state index in [2.05, 4.69) is 50.4 Å². The molecule has 7 heteroatoms. The van der Waals surface area contributed by atoms with Crippen LogP contribution >= 0.6 is 0 Å². The Labute approximate surface area is 154 Å². The van der Waals surface area contributed by atoms with Crippen LogP contribution in [-0.4, -0.2) is 45.3 Å². The first-order valence-corrected chi connectivity index (χ1v) is 9.09. The summed E-state index contributed by atoms with van der Waals surface area (Å²) < 4.78 is 2.15. The Kier molecular flexibility index (Phi) is 5.65. The molecule has 1 saturated heterocycles. The standard InChI is InChI=1S/C19H26N6O/c1-4-9-20-19(26)15-7-8-17(21-11-15)24-10-5-6-16(12-24)18-23-22-13-25(18)14(2)3/h4,7-8,11,13-14,16H,1,5-6,9-10,12H2,2-3H3,(H,20,26). The summed E-state index contributed by atoms with van der Waals surface area (Å²) in [6.45, 7) is 10.2. The number of nitrogens with zero attached hydrogens (tertiary/aromatic N) is 5. The molecule has 3 rings (SSSR count). The lowest BCUT2D eigenvalue weighted by molar-refractivity contribution is 0.0957. The first kappa shape index (κ1) is 18.1. The largest absolute Gasteiger partial charge is 0.356 e. The van der Waals surface area contributed by atoms with Crippen molar-refractivity contribution in [1.82, 2.24) is 25.1 Å². The Morgan fingerprint density at radius 2 is 2.31 bits per heavy atom. The zero-order chi connectivity index (χ0) is 18.5. The minimum Gasteiger partial charge on any atom is -0.356 e. The monoisotopic (exact) mass is 354 g/mol. The molecule has 0 saturated carbocycles. The quantitative estimate of drug-likeness (QED) is 0.807. The highest BCUT2D eigenvalue weighted by molar-refractivity contribution is 5.94. The summed E-state index contributed by atoms with van der Waals surface area (Å²) in [5, 5.41) is 11.2. The molecule has 1 aliphatic heterocycles. The fraction of sp³-hybridized carbons (Fsp3) is 0.474. The third kappa shape index (κ3) is 3.92. The molecule has 0 spiro atoms. The number of rotatable bonds is 6. The van der Waals surface area contributed by atoms with Gasteiger partial charge in [-0.15, -0.1) is 16.8 Å². The summed E-state index contributed by atoms with van der Waals surface area (Å²) in [4.78, 5) is 18.7. The van der Waals surface area contributed by atoms with Gasteiger partial charge in [0.25, 0.3) is 5.91 Å². The van der Waals surface area contributed by atoms with Crippen LogP contribution in [0.25, 0.3) is 0 Å². The maximum absolute atomic E-state index is 12.0. The second-order valence-corrected chi connectivity index (χ2v) is 6.88. The number of aromatic nitrogens is 4. The Bertz CT molecular complexity index is 752. The minimum atomic E-state index is -0.134. The summed E-state index contributed by atoms with van der Waals surface area (Å²) >= 11 is 0. The van der Waals surface area contributed by atoms with E-state index in [1.54, 1.807) is 12.3 Å². The molecule has 1 aliphatic rings. The molecule has 0 aromatic carbocycles. The first-order chi connectivity index (χ1) is 12.6. The van der Waals surface area contributed by atoms with Gasteiger partial charge in [-0.25, -0.2) is 4.98 Å². The van der Waals surface area contributed by atoms with Crippen molar-refractivity contribution in [2.45, 2.75) is 38.6 Å². The van der Waals surface area contributed by atoms with Crippen molar-refractivity contribution in [2.24, 2.45) is 0 Å². The molecule has 0 aliphatic carbocycles. The Hall–Kier alpha value is -2.70. The van der Waals surface area contributed by atoms with E-state index in [-0.39, 0.29) is 5.91 Å². The number of anilines is 1. The molecule has 1 atom stereocenters. The van der Waals surface area contributed by atoms with Crippen LogP contribution in [0.2, 0.25) is 0 Å². The first-order valence-electron chi connectivity index (χ1n) is 9.09. The predicted octanol–water partition coefficient (Wildman–Crippen LogP) is 2.55. The van der Waals surface area contributed by atoms with E-state index in [1.807, 2.05) is 18.5 Å². The third-order valence-electron chi connectivity index (χ3n) is 4.68. The molecule has 2 aromatic heterocycles. The molecule has 3 heterocycles. The lowest BCUT2D eigenvalue weighted by atomic mass is 9.97. The van der Waals surface area contributed by atoms with Crippen LogP contribution in [0.3, 0.4) is 0 Å². The molecule has 1 N–H and O–H groups in total. The molecule has 1 fully saturated rings. The Morgan fingerprint density at radius 3 is 3.00 bits per heavy atom. The zero-order valence-corrected chi connectivity index (χ0v) is 15.4. The van der Waals surface area contributed by atoms with Crippen LogP contribution in [-0.2, 0) is 0 Å². The van der Waals surface area contributed by atoms with E-state index in [0.717, 1.165) is 37.6 Å². The van der Waals surface area contributed by atoms with Gasteiger partial charge in [-0.3, -0.25) is 4.79 Å². The highest BCUT2D eigenvalue weighted by atomic mass is 16.1. The van der Waals surface area contributed by atoms with Gasteiger partial charge in [0, 0.05) is 37.8 Å². The Morgan fingerprint density at radius 1 is 1.46 bits per heavy atom. The van der Waals surface area contributed by atoms with Crippen molar-refractivity contribution in [1.29, 1.82) is 0 Å². The van der Waals surface area contributed by atoms with Crippen LogP contribution in [0.4, 0.5) is 5.82 Å². The molecule has 1 unspecified atom stereocenters. The van der Waals surface area contributed by atoms with Gasteiger partial charge in [-0.05, 0) is 38.8 Å². The number of nitrogens with one attached hydrogen (secondary N) is 1. The summed E-state index contributed by atoms with van der Waals surface area (Å²) in [5.74, 6) is 2.15. The van der Waals surface area contributed by atoms with Crippen LogP contribution < -0.4 is 10.2 Å². The van der Waals surface area contributed by atoms with Crippen LogP contribution in [0.15, 0.2) is 37.3 Å². The Balaban J connectivity index is 1.70. The number of hydrogen-bond acceptors (Lipinski definition) is 5. The van der Waals surface area contributed by atoms with Crippen molar-refractivity contribution < 1.29 is 4.79 Å². The molecule has 0 bridgehead atoms. The van der Waals surface area contributed by atoms with Crippen LogP contribution in [0, 0.1) is 0 Å². The zero-order valence-electron chi connectivity index (χ0n) is 15.4. The smallest absolute Gasteiger partial charge is 0.253 e. The van der Waals surface area contributed by atoms with Gasteiger partial charge < -0.3 is 14.8 Å². The number of pyridine rings is 1. The number of piperidine rings is 1.